The summed E-state index contributed by atoms with van der Waals surface area (Å²) in [5, 5.41) is 17.2. The predicted octanol–water partition coefficient (Wildman–Crippen LogP) is 2.40. The van der Waals surface area contributed by atoms with Crippen molar-refractivity contribution in [3.63, 3.8) is 0 Å². The normalized spacial score (nSPS) is 11.6. The first-order chi connectivity index (χ1) is 7.81. The van der Waals surface area contributed by atoms with Crippen LogP contribution in [0, 0.1) is 11.3 Å². The van der Waals surface area contributed by atoms with E-state index in [1.165, 1.54) is 6.07 Å². The highest BCUT2D eigenvalue weighted by Crippen LogP contribution is 2.33. The van der Waals surface area contributed by atoms with Crippen molar-refractivity contribution in [1.29, 1.82) is 5.26 Å². The Morgan fingerprint density at radius 3 is 2.35 bits per heavy atom. The largest absolute Gasteiger partial charge is 0.433 e. The fourth-order valence-electron chi connectivity index (χ4n) is 1.19. The predicted molar refractivity (Wildman–Crippen MR) is 44.8 cm³/mol. The second-order valence-corrected chi connectivity index (χ2v) is 3.00. The van der Waals surface area contributed by atoms with Gasteiger partial charge < -0.3 is 5.11 Å². The summed E-state index contributed by atoms with van der Waals surface area (Å²) in [6.45, 7) is -1.04. The number of halogens is 5. The first kappa shape index (κ1) is 13.3. The molecule has 0 fully saturated rings. The number of hydrogen-bond acceptors (Lipinski definition) is 3. The molecule has 0 aliphatic heterocycles. The zero-order valence-electron chi connectivity index (χ0n) is 8.09. The topological polar surface area (TPSA) is 56.9 Å². The molecule has 0 saturated carbocycles. The average molecular weight is 252 g/mol. The van der Waals surface area contributed by atoms with E-state index in [1.807, 2.05) is 0 Å². The van der Waals surface area contributed by atoms with Crippen LogP contribution in [0.3, 0.4) is 0 Å². The number of rotatable bonds is 2. The number of pyridine rings is 1. The third-order valence-electron chi connectivity index (χ3n) is 1.90. The van der Waals surface area contributed by atoms with E-state index in [0.29, 0.717) is 6.07 Å². The SMILES string of the molecule is N#Cc1cc(CO)c(C(F)(F)F)nc1C(F)F. The lowest BCUT2D eigenvalue weighted by Crippen LogP contribution is -2.15. The molecule has 0 aliphatic carbocycles. The number of hydrogen-bond donors (Lipinski definition) is 1. The van der Waals surface area contributed by atoms with Gasteiger partial charge in [-0.2, -0.15) is 18.4 Å². The molecule has 92 valence electrons. The fourth-order valence-corrected chi connectivity index (χ4v) is 1.19. The third-order valence-corrected chi connectivity index (χ3v) is 1.90. The summed E-state index contributed by atoms with van der Waals surface area (Å²) < 4.78 is 62.0. The van der Waals surface area contributed by atoms with Gasteiger partial charge in [0.15, 0.2) is 5.69 Å². The molecule has 1 heterocycles. The van der Waals surface area contributed by atoms with Crippen molar-refractivity contribution in [2.45, 2.75) is 19.2 Å². The minimum Gasteiger partial charge on any atom is -0.392 e. The quantitative estimate of drug-likeness (QED) is 0.822. The summed E-state index contributed by atoms with van der Waals surface area (Å²) in [4.78, 5) is 2.73. The summed E-state index contributed by atoms with van der Waals surface area (Å²) in [7, 11) is 0. The number of nitrogens with zero attached hydrogens (tertiary/aromatic N) is 2. The van der Waals surface area contributed by atoms with Crippen molar-refractivity contribution in [3.8, 4) is 6.07 Å². The van der Waals surface area contributed by atoms with Crippen LogP contribution >= 0.6 is 0 Å². The van der Waals surface area contributed by atoms with Crippen LogP contribution in [-0.2, 0) is 12.8 Å². The molecule has 3 nitrogen and oxygen atoms in total. The Hall–Kier alpha value is -1.75. The molecule has 0 aromatic carbocycles. The van der Waals surface area contributed by atoms with Crippen LogP contribution in [0.1, 0.15) is 28.9 Å². The van der Waals surface area contributed by atoms with Crippen molar-refractivity contribution in [2.75, 3.05) is 0 Å². The summed E-state index contributed by atoms with van der Waals surface area (Å²) in [6.07, 6.45) is -8.26. The Balaban J connectivity index is 3.52. The molecule has 1 aromatic heterocycles. The molecular weight excluding hydrogens is 247 g/mol. The second-order valence-electron chi connectivity index (χ2n) is 3.00. The maximum atomic E-state index is 12.4. The summed E-state index contributed by atoms with van der Waals surface area (Å²) in [5.74, 6) is 0. The highest BCUT2D eigenvalue weighted by atomic mass is 19.4. The fraction of sp³-hybridized carbons (Fsp3) is 0.333. The molecule has 1 rings (SSSR count). The lowest BCUT2D eigenvalue weighted by atomic mass is 10.1. The van der Waals surface area contributed by atoms with Gasteiger partial charge in [-0.15, -0.1) is 0 Å². The molecule has 0 aliphatic rings. The van der Waals surface area contributed by atoms with E-state index in [1.54, 1.807) is 0 Å². The van der Waals surface area contributed by atoms with Gasteiger partial charge in [0.1, 0.15) is 11.8 Å². The van der Waals surface area contributed by atoms with E-state index in [4.69, 9.17) is 10.4 Å². The monoisotopic (exact) mass is 252 g/mol. The van der Waals surface area contributed by atoms with Crippen LogP contribution in [0.2, 0.25) is 0 Å². The van der Waals surface area contributed by atoms with Crippen molar-refractivity contribution < 1.29 is 27.1 Å². The third kappa shape index (κ3) is 2.68. The Bertz CT molecular complexity index is 464. The lowest BCUT2D eigenvalue weighted by molar-refractivity contribution is -0.142. The molecule has 0 bridgehead atoms. The standard InChI is InChI=1S/C9H5F5N2O/c10-8(11)6-4(2-15)1-5(3-17)7(16-6)9(12,13)14/h1,8,17H,3H2. The van der Waals surface area contributed by atoms with Gasteiger partial charge in [-0.1, -0.05) is 0 Å². The van der Waals surface area contributed by atoms with Crippen molar-refractivity contribution in [1.82, 2.24) is 4.98 Å². The first-order valence-electron chi connectivity index (χ1n) is 4.21. The molecule has 0 radical (unpaired) electrons. The zero-order valence-corrected chi connectivity index (χ0v) is 8.09. The minimum atomic E-state index is -4.96. The molecular formula is C9H5F5N2O. The summed E-state index contributed by atoms with van der Waals surface area (Å²) in [6, 6.07) is 1.88. The second kappa shape index (κ2) is 4.63. The Kier molecular flexibility index (Phi) is 3.63. The van der Waals surface area contributed by atoms with Gasteiger partial charge in [0.2, 0.25) is 0 Å². The maximum absolute atomic E-state index is 12.4. The van der Waals surface area contributed by atoms with E-state index in [-0.39, 0.29) is 0 Å². The van der Waals surface area contributed by atoms with E-state index < -0.39 is 41.7 Å². The van der Waals surface area contributed by atoms with E-state index in [0.717, 1.165) is 0 Å². The molecule has 0 amide bonds. The maximum Gasteiger partial charge on any atom is 0.433 e. The molecule has 0 unspecified atom stereocenters. The molecule has 0 spiro atoms. The number of aliphatic hydroxyl groups excluding tert-OH is 1. The van der Waals surface area contributed by atoms with Crippen molar-refractivity contribution >= 4 is 0 Å². The van der Waals surface area contributed by atoms with Gasteiger partial charge in [-0.3, -0.25) is 0 Å². The summed E-state index contributed by atoms with van der Waals surface area (Å²) in [5.41, 5.74) is -4.23. The number of nitriles is 1. The van der Waals surface area contributed by atoms with Gasteiger partial charge >= 0.3 is 6.18 Å². The highest BCUT2D eigenvalue weighted by molar-refractivity contribution is 5.40. The lowest BCUT2D eigenvalue weighted by Gasteiger charge is -2.12. The van der Waals surface area contributed by atoms with Gasteiger partial charge in [0.25, 0.3) is 6.43 Å². The highest BCUT2D eigenvalue weighted by Gasteiger charge is 2.37. The zero-order chi connectivity index (χ0) is 13.2. The molecule has 8 heteroatoms. The van der Waals surface area contributed by atoms with Crippen molar-refractivity contribution in [3.05, 3.63) is 28.6 Å². The Morgan fingerprint density at radius 2 is 2.00 bits per heavy atom. The van der Waals surface area contributed by atoms with E-state index >= 15 is 0 Å². The van der Waals surface area contributed by atoms with Crippen LogP contribution < -0.4 is 0 Å². The smallest absolute Gasteiger partial charge is 0.392 e. The average Bonchev–Trinajstić information content (AvgIpc) is 2.25. The van der Waals surface area contributed by atoms with Crippen LogP contribution in [-0.4, -0.2) is 10.1 Å². The van der Waals surface area contributed by atoms with E-state index in [2.05, 4.69) is 4.98 Å². The number of alkyl halides is 5. The summed E-state index contributed by atoms with van der Waals surface area (Å²) >= 11 is 0. The van der Waals surface area contributed by atoms with Gasteiger partial charge in [0, 0.05) is 5.56 Å². The van der Waals surface area contributed by atoms with Crippen LogP contribution in [0.5, 0.6) is 0 Å². The number of aromatic nitrogens is 1. The molecule has 0 atom stereocenters. The molecule has 0 saturated heterocycles. The molecule has 1 N–H and O–H groups in total. The van der Waals surface area contributed by atoms with Crippen LogP contribution in [0.15, 0.2) is 6.07 Å². The van der Waals surface area contributed by atoms with Crippen LogP contribution in [0.25, 0.3) is 0 Å². The van der Waals surface area contributed by atoms with E-state index in [9.17, 15) is 22.0 Å². The Morgan fingerprint density at radius 1 is 1.41 bits per heavy atom. The van der Waals surface area contributed by atoms with Gasteiger partial charge in [-0.25, -0.2) is 13.8 Å². The molecule has 17 heavy (non-hydrogen) atoms. The Labute approximate surface area is 92.1 Å². The number of aliphatic hydroxyl groups is 1. The first-order valence-corrected chi connectivity index (χ1v) is 4.21. The molecule has 1 aromatic rings. The van der Waals surface area contributed by atoms with Gasteiger partial charge in [-0.05, 0) is 6.07 Å². The van der Waals surface area contributed by atoms with Gasteiger partial charge in [0.05, 0.1) is 12.2 Å². The minimum absolute atomic E-state index is 0.567. The van der Waals surface area contributed by atoms with Crippen molar-refractivity contribution in [2.24, 2.45) is 0 Å². The van der Waals surface area contributed by atoms with Crippen LogP contribution in [0.4, 0.5) is 22.0 Å².